The third kappa shape index (κ3) is 2.80. The van der Waals surface area contributed by atoms with Crippen LogP contribution in [-0.2, 0) is 0 Å². The number of hydrogen-bond acceptors (Lipinski definition) is 3. The molecule has 0 bridgehead atoms. The van der Waals surface area contributed by atoms with Crippen molar-refractivity contribution in [3.63, 3.8) is 0 Å². The predicted octanol–water partition coefficient (Wildman–Crippen LogP) is 3.65. The van der Waals surface area contributed by atoms with Crippen LogP contribution in [0.2, 0.25) is 0 Å². The highest BCUT2D eigenvalue weighted by Gasteiger charge is 2.11. The second kappa shape index (κ2) is 6.05. The van der Waals surface area contributed by atoms with Gasteiger partial charge < -0.3 is 10.1 Å². The van der Waals surface area contributed by atoms with Crippen molar-refractivity contribution in [2.45, 2.75) is 19.4 Å². The quantitative estimate of drug-likeness (QED) is 0.869. The van der Waals surface area contributed by atoms with Crippen molar-refractivity contribution in [1.82, 2.24) is 4.98 Å². The molecular formula is C15H18N2O. The number of anilines is 1. The zero-order valence-electron chi connectivity index (χ0n) is 10.8. The minimum atomic E-state index is 0.268. The van der Waals surface area contributed by atoms with Crippen molar-refractivity contribution in [1.29, 1.82) is 0 Å². The molecule has 0 fully saturated rings. The maximum absolute atomic E-state index is 5.25. The lowest BCUT2D eigenvalue weighted by Gasteiger charge is -2.19. The third-order valence-corrected chi connectivity index (χ3v) is 2.90. The highest BCUT2D eigenvalue weighted by atomic mass is 16.5. The summed E-state index contributed by atoms with van der Waals surface area (Å²) in [5.41, 5.74) is 2.20. The molecule has 0 saturated heterocycles. The summed E-state index contributed by atoms with van der Waals surface area (Å²) in [4.78, 5) is 4.19. The molecule has 18 heavy (non-hydrogen) atoms. The molecule has 1 atom stereocenters. The van der Waals surface area contributed by atoms with Gasteiger partial charge in [-0.1, -0.05) is 37.3 Å². The van der Waals surface area contributed by atoms with Gasteiger partial charge in [0.1, 0.15) is 0 Å². The fourth-order valence-electron chi connectivity index (χ4n) is 1.96. The molecule has 0 spiro atoms. The Morgan fingerprint density at radius 1 is 1.17 bits per heavy atom. The lowest BCUT2D eigenvalue weighted by atomic mass is 10.0. The molecule has 0 aliphatic heterocycles. The second-order valence-electron chi connectivity index (χ2n) is 4.08. The van der Waals surface area contributed by atoms with E-state index in [1.807, 2.05) is 18.2 Å². The largest absolute Gasteiger partial charge is 0.480 e. The van der Waals surface area contributed by atoms with E-state index in [0.717, 1.165) is 12.1 Å². The monoisotopic (exact) mass is 242 g/mol. The van der Waals surface area contributed by atoms with Crippen LogP contribution in [0.1, 0.15) is 24.9 Å². The number of hydrogen-bond donors (Lipinski definition) is 1. The maximum atomic E-state index is 5.25. The average Bonchev–Trinajstić information content (AvgIpc) is 2.46. The molecule has 1 unspecified atom stereocenters. The lowest BCUT2D eigenvalue weighted by molar-refractivity contribution is 0.399. The van der Waals surface area contributed by atoms with E-state index in [4.69, 9.17) is 4.74 Å². The van der Waals surface area contributed by atoms with Gasteiger partial charge in [0.2, 0.25) is 5.88 Å². The first-order valence-electron chi connectivity index (χ1n) is 6.15. The summed E-state index contributed by atoms with van der Waals surface area (Å²) in [5, 5.41) is 3.48. The SMILES string of the molecule is CCC(Nc1cccnc1OC)c1ccccc1. The van der Waals surface area contributed by atoms with E-state index in [0.29, 0.717) is 5.88 Å². The lowest BCUT2D eigenvalue weighted by Crippen LogP contribution is -2.10. The number of rotatable bonds is 5. The Kier molecular flexibility index (Phi) is 4.18. The van der Waals surface area contributed by atoms with Gasteiger partial charge in [0.15, 0.2) is 0 Å². The van der Waals surface area contributed by atoms with Gasteiger partial charge in [0.25, 0.3) is 0 Å². The molecule has 0 radical (unpaired) electrons. The Morgan fingerprint density at radius 2 is 1.94 bits per heavy atom. The zero-order valence-corrected chi connectivity index (χ0v) is 10.8. The van der Waals surface area contributed by atoms with Gasteiger partial charge in [-0.15, -0.1) is 0 Å². The number of nitrogens with one attached hydrogen (secondary N) is 1. The highest BCUT2D eigenvalue weighted by molar-refractivity contribution is 5.53. The number of methoxy groups -OCH3 is 1. The van der Waals surface area contributed by atoms with Crippen LogP contribution >= 0.6 is 0 Å². The summed E-state index contributed by atoms with van der Waals surface area (Å²) in [6.07, 6.45) is 2.73. The first-order chi connectivity index (χ1) is 8.85. The van der Waals surface area contributed by atoms with E-state index in [9.17, 15) is 0 Å². The molecule has 0 aliphatic rings. The summed E-state index contributed by atoms with van der Waals surface area (Å²) in [5.74, 6) is 0.631. The molecule has 0 aliphatic carbocycles. The Balaban J connectivity index is 2.21. The normalized spacial score (nSPS) is 11.9. The van der Waals surface area contributed by atoms with Gasteiger partial charge in [0.05, 0.1) is 18.8 Å². The van der Waals surface area contributed by atoms with Crippen LogP contribution in [0.25, 0.3) is 0 Å². The molecule has 1 aromatic heterocycles. The Hall–Kier alpha value is -2.03. The van der Waals surface area contributed by atoms with Crippen molar-refractivity contribution in [2.24, 2.45) is 0 Å². The van der Waals surface area contributed by atoms with Crippen LogP contribution in [0.3, 0.4) is 0 Å². The Labute approximate surface area is 108 Å². The molecule has 0 saturated carbocycles. The van der Waals surface area contributed by atoms with Crippen molar-refractivity contribution >= 4 is 5.69 Å². The van der Waals surface area contributed by atoms with E-state index in [1.165, 1.54) is 5.56 Å². The van der Waals surface area contributed by atoms with Crippen LogP contribution < -0.4 is 10.1 Å². The van der Waals surface area contributed by atoms with E-state index in [2.05, 4.69) is 41.5 Å². The first-order valence-corrected chi connectivity index (χ1v) is 6.15. The summed E-state index contributed by atoms with van der Waals surface area (Å²) < 4.78 is 5.25. The van der Waals surface area contributed by atoms with Gasteiger partial charge in [-0.25, -0.2) is 4.98 Å². The van der Waals surface area contributed by atoms with Crippen molar-refractivity contribution in [2.75, 3.05) is 12.4 Å². The molecule has 3 nitrogen and oxygen atoms in total. The molecular weight excluding hydrogens is 224 g/mol. The molecule has 3 heteroatoms. The molecule has 94 valence electrons. The number of nitrogens with zero attached hydrogens (tertiary/aromatic N) is 1. The molecule has 0 amide bonds. The number of ether oxygens (including phenoxy) is 1. The minimum Gasteiger partial charge on any atom is -0.480 e. The van der Waals surface area contributed by atoms with E-state index in [1.54, 1.807) is 13.3 Å². The van der Waals surface area contributed by atoms with Gasteiger partial charge in [-0.05, 0) is 24.1 Å². The second-order valence-corrected chi connectivity index (χ2v) is 4.08. The predicted molar refractivity (Wildman–Crippen MR) is 73.9 cm³/mol. The first kappa shape index (κ1) is 12.4. The van der Waals surface area contributed by atoms with Gasteiger partial charge in [0, 0.05) is 6.20 Å². The van der Waals surface area contributed by atoms with Crippen LogP contribution in [0.4, 0.5) is 5.69 Å². The van der Waals surface area contributed by atoms with Crippen LogP contribution in [0.5, 0.6) is 5.88 Å². The Bertz CT molecular complexity index is 485. The van der Waals surface area contributed by atoms with E-state index >= 15 is 0 Å². The molecule has 1 N–H and O–H groups in total. The summed E-state index contributed by atoms with van der Waals surface area (Å²) in [7, 11) is 1.64. The fourth-order valence-corrected chi connectivity index (χ4v) is 1.96. The van der Waals surface area contributed by atoms with E-state index < -0.39 is 0 Å². The van der Waals surface area contributed by atoms with Gasteiger partial charge in [-0.3, -0.25) is 0 Å². The van der Waals surface area contributed by atoms with Crippen LogP contribution in [0.15, 0.2) is 48.7 Å². The summed E-state index contributed by atoms with van der Waals surface area (Å²) in [6.45, 7) is 2.16. The maximum Gasteiger partial charge on any atom is 0.237 e. The van der Waals surface area contributed by atoms with Gasteiger partial charge in [-0.2, -0.15) is 0 Å². The molecule has 2 aromatic rings. The standard InChI is InChI=1S/C15H18N2O/c1-3-13(12-8-5-4-6-9-12)17-14-10-7-11-16-15(14)18-2/h4-11,13,17H,3H2,1-2H3. The summed E-state index contributed by atoms with van der Waals surface area (Å²) >= 11 is 0. The minimum absolute atomic E-state index is 0.268. The topological polar surface area (TPSA) is 34.2 Å². The van der Waals surface area contributed by atoms with Crippen molar-refractivity contribution in [3.05, 3.63) is 54.2 Å². The third-order valence-electron chi connectivity index (χ3n) is 2.90. The number of benzene rings is 1. The number of aromatic nitrogens is 1. The highest BCUT2D eigenvalue weighted by Crippen LogP contribution is 2.27. The summed E-state index contributed by atoms with van der Waals surface area (Å²) in [6, 6.07) is 14.6. The molecule has 1 aromatic carbocycles. The number of pyridine rings is 1. The molecule has 2 rings (SSSR count). The molecule has 1 heterocycles. The van der Waals surface area contributed by atoms with E-state index in [-0.39, 0.29) is 6.04 Å². The Morgan fingerprint density at radius 3 is 2.61 bits per heavy atom. The van der Waals surface area contributed by atoms with Crippen molar-refractivity contribution < 1.29 is 4.74 Å². The van der Waals surface area contributed by atoms with Crippen LogP contribution in [0, 0.1) is 0 Å². The van der Waals surface area contributed by atoms with Crippen LogP contribution in [-0.4, -0.2) is 12.1 Å². The fraction of sp³-hybridized carbons (Fsp3) is 0.267. The van der Waals surface area contributed by atoms with Crippen molar-refractivity contribution in [3.8, 4) is 5.88 Å². The van der Waals surface area contributed by atoms with Gasteiger partial charge >= 0.3 is 0 Å². The average molecular weight is 242 g/mol. The smallest absolute Gasteiger partial charge is 0.237 e. The zero-order chi connectivity index (χ0) is 12.8.